The molecule has 2 N–H and O–H groups in total. The first kappa shape index (κ1) is 8.97. The highest BCUT2D eigenvalue weighted by atomic mass is 16.3. The van der Waals surface area contributed by atoms with E-state index >= 15 is 0 Å². The van der Waals surface area contributed by atoms with E-state index in [1.54, 1.807) is 12.3 Å². The van der Waals surface area contributed by atoms with Crippen LogP contribution in [0.3, 0.4) is 0 Å². The molecule has 0 saturated heterocycles. The molecule has 1 aromatic heterocycles. The summed E-state index contributed by atoms with van der Waals surface area (Å²) in [7, 11) is 0. The van der Waals surface area contributed by atoms with Crippen LogP contribution in [0.5, 0.6) is 5.75 Å². The number of benzene rings is 2. The van der Waals surface area contributed by atoms with Gasteiger partial charge >= 0.3 is 0 Å². The standard InChI is InChI=1S/C13H10N2O/c16-13-4-2-1-3-11(13)9-5-6-12-10(7-9)8-14-15-12/h1-8,16H,(H,14,15). The Kier molecular flexibility index (Phi) is 1.90. The van der Waals surface area contributed by atoms with Crippen molar-refractivity contribution >= 4 is 10.9 Å². The number of aromatic nitrogens is 2. The summed E-state index contributed by atoms with van der Waals surface area (Å²) >= 11 is 0. The minimum absolute atomic E-state index is 0.297. The summed E-state index contributed by atoms with van der Waals surface area (Å²) < 4.78 is 0. The third-order valence-corrected chi connectivity index (χ3v) is 2.66. The number of nitrogens with zero attached hydrogens (tertiary/aromatic N) is 1. The summed E-state index contributed by atoms with van der Waals surface area (Å²) in [4.78, 5) is 0. The van der Waals surface area contributed by atoms with Crippen molar-refractivity contribution in [2.45, 2.75) is 0 Å². The lowest BCUT2D eigenvalue weighted by Crippen LogP contribution is -1.78. The van der Waals surface area contributed by atoms with Crippen LogP contribution in [0.25, 0.3) is 22.0 Å². The first-order valence-corrected chi connectivity index (χ1v) is 5.06. The van der Waals surface area contributed by atoms with Crippen molar-refractivity contribution in [3.8, 4) is 16.9 Å². The molecule has 0 spiro atoms. The fraction of sp³-hybridized carbons (Fsp3) is 0. The first-order chi connectivity index (χ1) is 7.84. The fourth-order valence-corrected chi connectivity index (χ4v) is 1.83. The molecule has 0 aliphatic rings. The number of rotatable bonds is 1. The van der Waals surface area contributed by atoms with Gasteiger partial charge in [0.25, 0.3) is 0 Å². The van der Waals surface area contributed by atoms with E-state index in [1.807, 2.05) is 36.4 Å². The number of hydrogen-bond acceptors (Lipinski definition) is 2. The zero-order valence-electron chi connectivity index (χ0n) is 8.51. The zero-order valence-corrected chi connectivity index (χ0v) is 8.51. The van der Waals surface area contributed by atoms with Gasteiger partial charge in [0, 0.05) is 10.9 Å². The molecule has 0 amide bonds. The van der Waals surface area contributed by atoms with Gasteiger partial charge in [0.05, 0.1) is 11.7 Å². The fourth-order valence-electron chi connectivity index (χ4n) is 1.83. The molecule has 16 heavy (non-hydrogen) atoms. The lowest BCUT2D eigenvalue weighted by Gasteiger charge is -2.04. The van der Waals surface area contributed by atoms with Gasteiger partial charge in [-0.1, -0.05) is 24.3 Å². The van der Waals surface area contributed by atoms with Crippen LogP contribution in [0.2, 0.25) is 0 Å². The number of phenolic OH excluding ortho intramolecular Hbond substituents is 1. The second-order valence-corrected chi connectivity index (χ2v) is 3.69. The first-order valence-electron chi connectivity index (χ1n) is 5.06. The molecule has 0 atom stereocenters. The van der Waals surface area contributed by atoms with Gasteiger partial charge in [-0.2, -0.15) is 5.10 Å². The monoisotopic (exact) mass is 210 g/mol. The van der Waals surface area contributed by atoms with E-state index in [9.17, 15) is 5.11 Å². The van der Waals surface area contributed by atoms with Gasteiger partial charge in [0.1, 0.15) is 5.75 Å². The quantitative estimate of drug-likeness (QED) is 0.648. The number of aromatic amines is 1. The maximum Gasteiger partial charge on any atom is 0.123 e. The summed E-state index contributed by atoms with van der Waals surface area (Å²) in [6.45, 7) is 0. The maximum absolute atomic E-state index is 9.76. The van der Waals surface area contributed by atoms with Crippen LogP contribution < -0.4 is 0 Å². The van der Waals surface area contributed by atoms with Gasteiger partial charge in [0.15, 0.2) is 0 Å². The van der Waals surface area contributed by atoms with Gasteiger partial charge in [-0.3, -0.25) is 5.10 Å². The third kappa shape index (κ3) is 1.34. The molecular formula is C13H10N2O. The average Bonchev–Trinajstić information content (AvgIpc) is 2.76. The number of para-hydroxylation sites is 1. The molecule has 78 valence electrons. The Hall–Kier alpha value is -2.29. The predicted molar refractivity (Wildman–Crippen MR) is 63.2 cm³/mol. The Morgan fingerprint density at radius 1 is 1.06 bits per heavy atom. The van der Waals surface area contributed by atoms with Gasteiger partial charge in [-0.25, -0.2) is 0 Å². The number of aromatic hydroxyl groups is 1. The number of phenols is 1. The normalized spacial score (nSPS) is 10.8. The molecule has 0 saturated carbocycles. The predicted octanol–water partition coefficient (Wildman–Crippen LogP) is 2.94. The van der Waals surface area contributed by atoms with E-state index in [0.717, 1.165) is 22.0 Å². The molecule has 0 aliphatic carbocycles. The van der Waals surface area contributed by atoms with E-state index in [2.05, 4.69) is 10.2 Å². The van der Waals surface area contributed by atoms with Crippen LogP contribution in [-0.4, -0.2) is 15.3 Å². The van der Waals surface area contributed by atoms with Gasteiger partial charge in [-0.05, 0) is 23.8 Å². The highest BCUT2D eigenvalue weighted by Gasteiger charge is 2.04. The Labute approximate surface area is 92.4 Å². The molecule has 3 rings (SSSR count). The van der Waals surface area contributed by atoms with E-state index in [1.165, 1.54) is 0 Å². The Morgan fingerprint density at radius 3 is 2.81 bits per heavy atom. The Balaban J connectivity index is 2.22. The lowest BCUT2D eigenvalue weighted by molar-refractivity contribution is 0.477. The van der Waals surface area contributed by atoms with Crippen LogP contribution in [0.15, 0.2) is 48.7 Å². The average molecular weight is 210 g/mol. The van der Waals surface area contributed by atoms with Crippen LogP contribution in [-0.2, 0) is 0 Å². The topological polar surface area (TPSA) is 48.9 Å². The summed E-state index contributed by atoms with van der Waals surface area (Å²) in [6, 6.07) is 13.3. The molecule has 0 unspecified atom stereocenters. The van der Waals surface area contributed by atoms with Crippen molar-refractivity contribution in [3.63, 3.8) is 0 Å². The van der Waals surface area contributed by atoms with Crippen LogP contribution in [0.4, 0.5) is 0 Å². The largest absolute Gasteiger partial charge is 0.507 e. The Bertz CT molecular complexity index is 643. The minimum atomic E-state index is 0.297. The van der Waals surface area contributed by atoms with Crippen molar-refractivity contribution in [1.29, 1.82) is 0 Å². The van der Waals surface area contributed by atoms with Gasteiger partial charge in [-0.15, -0.1) is 0 Å². The van der Waals surface area contributed by atoms with Gasteiger partial charge < -0.3 is 5.11 Å². The maximum atomic E-state index is 9.76. The van der Waals surface area contributed by atoms with Crippen LogP contribution in [0.1, 0.15) is 0 Å². The summed E-state index contributed by atoms with van der Waals surface area (Å²) in [5, 5.41) is 17.7. The minimum Gasteiger partial charge on any atom is -0.507 e. The van der Waals surface area contributed by atoms with E-state index in [-0.39, 0.29) is 0 Å². The summed E-state index contributed by atoms with van der Waals surface area (Å²) in [6.07, 6.45) is 1.78. The second kappa shape index (κ2) is 3.38. The van der Waals surface area contributed by atoms with Crippen molar-refractivity contribution in [1.82, 2.24) is 10.2 Å². The summed E-state index contributed by atoms with van der Waals surface area (Å²) in [5.74, 6) is 0.297. The molecule has 3 heteroatoms. The molecule has 0 fully saturated rings. The highest BCUT2D eigenvalue weighted by Crippen LogP contribution is 2.30. The van der Waals surface area contributed by atoms with Crippen molar-refractivity contribution in [2.75, 3.05) is 0 Å². The van der Waals surface area contributed by atoms with Crippen molar-refractivity contribution in [2.24, 2.45) is 0 Å². The second-order valence-electron chi connectivity index (χ2n) is 3.69. The highest BCUT2D eigenvalue weighted by molar-refractivity contribution is 5.85. The molecule has 0 bridgehead atoms. The lowest BCUT2D eigenvalue weighted by atomic mass is 10.0. The van der Waals surface area contributed by atoms with Crippen LogP contribution >= 0.6 is 0 Å². The molecular weight excluding hydrogens is 200 g/mol. The third-order valence-electron chi connectivity index (χ3n) is 2.66. The van der Waals surface area contributed by atoms with Crippen molar-refractivity contribution < 1.29 is 5.11 Å². The van der Waals surface area contributed by atoms with E-state index in [0.29, 0.717) is 5.75 Å². The number of fused-ring (bicyclic) bond motifs is 1. The molecule has 2 aromatic carbocycles. The molecule has 0 radical (unpaired) electrons. The van der Waals surface area contributed by atoms with Crippen LogP contribution in [0, 0.1) is 0 Å². The van der Waals surface area contributed by atoms with Gasteiger partial charge in [0.2, 0.25) is 0 Å². The molecule has 3 aromatic rings. The van der Waals surface area contributed by atoms with E-state index in [4.69, 9.17) is 0 Å². The van der Waals surface area contributed by atoms with E-state index < -0.39 is 0 Å². The smallest absolute Gasteiger partial charge is 0.123 e. The SMILES string of the molecule is Oc1ccccc1-c1ccc2[nH]ncc2c1. The molecule has 3 nitrogen and oxygen atoms in total. The molecule has 1 heterocycles. The number of hydrogen-bond donors (Lipinski definition) is 2. The zero-order chi connectivity index (χ0) is 11.0. The number of H-pyrrole nitrogens is 1. The van der Waals surface area contributed by atoms with Crippen molar-refractivity contribution in [3.05, 3.63) is 48.7 Å². The summed E-state index contributed by atoms with van der Waals surface area (Å²) in [5.41, 5.74) is 2.83. The number of nitrogens with one attached hydrogen (secondary N) is 1. The Morgan fingerprint density at radius 2 is 1.94 bits per heavy atom. The molecule has 0 aliphatic heterocycles.